The van der Waals surface area contributed by atoms with Crippen LogP contribution in [0.1, 0.15) is 93.4 Å². The highest BCUT2D eigenvalue weighted by Gasteiger charge is 2.52. The highest BCUT2D eigenvalue weighted by atomic mass is 19.3. The van der Waals surface area contributed by atoms with Crippen molar-refractivity contribution in [1.29, 1.82) is 0 Å². The number of alkyl halides is 2. The van der Waals surface area contributed by atoms with Gasteiger partial charge in [0.25, 0.3) is 5.91 Å². The maximum atomic E-state index is 16.0. The summed E-state index contributed by atoms with van der Waals surface area (Å²) in [6.07, 6.45) is -0.969. The summed E-state index contributed by atoms with van der Waals surface area (Å²) in [6, 6.07) is -3.88. The molecule has 1 unspecified atom stereocenters. The van der Waals surface area contributed by atoms with Crippen LogP contribution < -0.4 is 27.4 Å². The Balaban J connectivity index is 6.24. The van der Waals surface area contributed by atoms with E-state index in [1.807, 2.05) is 6.92 Å². The Bertz CT molecular complexity index is 1080. The zero-order valence-corrected chi connectivity index (χ0v) is 29.6. The number of primary amides is 1. The molecule has 7 atom stereocenters. The first kappa shape index (κ1) is 44.6. The third-order valence-corrected chi connectivity index (χ3v) is 8.30. The summed E-state index contributed by atoms with van der Waals surface area (Å²) < 4.78 is 37.0. The van der Waals surface area contributed by atoms with Crippen LogP contribution in [0.25, 0.3) is 0 Å². The highest BCUT2D eigenvalue weighted by Crippen LogP contribution is 2.30. The van der Waals surface area contributed by atoms with Gasteiger partial charge in [0, 0.05) is 13.6 Å². The van der Waals surface area contributed by atoms with Gasteiger partial charge in [0.15, 0.2) is 6.10 Å². The number of nitrogens with zero attached hydrogens (tertiary/aromatic N) is 1. The van der Waals surface area contributed by atoms with E-state index in [2.05, 4.69) is 16.0 Å². The summed E-state index contributed by atoms with van der Waals surface area (Å²) >= 11 is 0. The quantitative estimate of drug-likeness (QED) is 0.0662. The van der Waals surface area contributed by atoms with Crippen LogP contribution in [0.15, 0.2) is 0 Å². The van der Waals surface area contributed by atoms with Crippen LogP contribution in [0.3, 0.4) is 0 Å². The van der Waals surface area contributed by atoms with Crippen LogP contribution in [0.2, 0.25) is 0 Å². The Labute approximate surface area is 282 Å². The van der Waals surface area contributed by atoms with Crippen molar-refractivity contribution in [2.75, 3.05) is 20.1 Å². The number of aliphatic hydroxyl groups excluding tert-OH is 1. The molecule has 0 aliphatic heterocycles. The molecule has 0 radical (unpaired) electrons. The number of hydrogen-bond acceptors (Lipinski definition) is 9. The van der Waals surface area contributed by atoms with Crippen molar-refractivity contribution in [3.63, 3.8) is 0 Å². The van der Waals surface area contributed by atoms with Gasteiger partial charge in [-0.25, -0.2) is 0 Å². The molecule has 0 rings (SSSR count). The average molecular weight is 693 g/mol. The molecule has 0 aromatic heterocycles. The van der Waals surface area contributed by atoms with Gasteiger partial charge in [-0.15, -0.1) is 0 Å². The fraction of sp³-hybridized carbons (Fsp3) is 0.812. The molecule has 0 aliphatic rings. The third-order valence-electron chi connectivity index (χ3n) is 8.30. The number of hydrogen-bond donors (Lipinski definition) is 6. The number of carbonyl (C=O) groups is 6. The van der Waals surface area contributed by atoms with E-state index in [1.54, 1.807) is 27.7 Å². The van der Waals surface area contributed by atoms with Gasteiger partial charge in [0.2, 0.25) is 23.6 Å². The molecule has 0 aromatic rings. The molecular formula is C32H58F2N6O8. The summed E-state index contributed by atoms with van der Waals surface area (Å²) in [5.74, 6) is -12.1. The Morgan fingerprint density at radius 2 is 1.52 bits per heavy atom. The van der Waals surface area contributed by atoms with Crippen molar-refractivity contribution in [3.8, 4) is 0 Å². The average Bonchev–Trinajstić information content (AvgIpc) is 3.02. The zero-order valence-electron chi connectivity index (χ0n) is 29.6. The summed E-state index contributed by atoms with van der Waals surface area (Å²) in [5, 5.41) is 16.8. The van der Waals surface area contributed by atoms with E-state index in [0.29, 0.717) is 17.7 Å². The molecule has 0 fully saturated rings. The number of nitrogens with two attached hydrogens (primary N) is 2. The fourth-order valence-corrected chi connectivity index (χ4v) is 4.67. The van der Waals surface area contributed by atoms with E-state index in [0.717, 1.165) is 19.9 Å². The summed E-state index contributed by atoms with van der Waals surface area (Å²) in [4.78, 5) is 77.1. The summed E-state index contributed by atoms with van der Waals surface area (Å²) in [6.45, 7) is 10.5. The predicted octanol–water partition coefficient (Wildman–Crippen LogP) is 0.970. The second kappa shape index (κ2) is 21.5. The fourth-order valence-electron chi connectivity index (χ4n) is 4.67. The van der Waals surface area contributed by atoms with E-state index in [-0.39, 0.29) is 31.7 Å². The molecular weight excluding hydrogens is 634 g/mol. The SMILES string of the molecule is CCCCCCC(OC(=O)CNC(=O)[C@@H](C)[C@H](C)O)C(F)(F)C(=O)N(C)[C@@H](CC(C)C)C(=O)N[C@H](C(=O)N[C@@H](CN)C(N)=O)[C@H](C)CC. The number of likely N-dealkylation sites (N-methyl/N-ethyl adjacent to an activating group) is 1. The Hall–Kier alpha value is -3.40. The normalized spacial score (nSPS) is 16.0. The first-order valence-electron chi connectivity index (χ1n) is 16.7. The molecule has 0 bridgehead atoms. The number of carbonyl (C=O) groups excluding carboxylic acids is 6. The smallest absolute Gasteiger partial charge is 0.360 e. The van der Waals surface area contributed by atoms with E-state index in [9.17, 15) is 33.9 Å². The van der Waals surface area contributed by atoms with Gasteiger partial charge in [0.05, 0.1) is 12.0 Å². The molecule has 0 spiro atoms. The van der Waals surface area contributed by atoms with Gasteiger partial charge < -0.3 is 42.2 Å². The van der Waals surface area contributed by atoms with Gasteiger partial charge in [-0.05, 0) is 38.0 Å². The van der Waals surface area contributed by atoms with Crippen LogP contribution in [-0.2, 0) is 33.5 Å². The van der Waals surface area contributed by atoms with Gasteiger partial charge in [0.1, 0.15) is 24.7 Å². The number of unbranched alkanes of at least 4 members (excludes halogenated alkanes) is 3. The molecule has 278 valence electrons. The van der Waals surface area contributed by atoms with E-state index in [4.69, 9.17) is 16.2 Å². The van der Waals surface area contributed by atoms with Gasteiger partial charge in [-0.2, -0.15) is 8.78 Å². The number of amides is 5. The molecule has 48 heavy (non-hydrogen) atoms. The molecule has 0 heterocycles. The van der Waals surface area contributed by atoms with Crippen LogP contribution in [0.4, 0.5) is 8.78 Å². The topological polar surface area (TPSA) is 223 Å². The lowest BCUT2D eigenvalue weighted by Gasteiger charge is -2.35. The van der Waals surface area contributed by atoms with E-state index < -0.39 is 90.1 Å². The number of rotatable bonds is 23. The number of nitrogens with one attached hydrogen (secondary N) is 3. The largest absolute Gasteiger partial charge is 0.454 e. The van der Waals surface area contributed by atoms with E-state index in [1.165, 1.54) is 13.8 Å². The number of halogens is 2. The van der Waals surface area contributed by atoms with Crippen molar-refractivity contribution in [1.82, 2.24) is 20.9 Å². The summed E-state index contributed by atoms with van der Waals surface area (Å²) in [5.41, 5.74) is 10.8. The minimum Gasteiger partial charge on any atom is -0.454 e. The second-order valence-electron chi connectivity index (χ2n) is 12.8. The first-order chi connectivity index (χ1) is 22.3. The van der Waals surface area contributed by atoms with Crippen LogP contribution in [-0.4, -0.2) is 102 Å². The van der Waals surface area contributed by atoms with Gasteiger partial charge >= 0.3 is 11.9 Å². The lowest BCUT2D eigenvalue weighted by Crippen LogP contribution is -2.61. The van der Waals surface area contributed by atoms with Crippen molar-refractivity contribution in [2.24, 2.45) is 29.2 Å². The van der Waals surface area contributed by atoms with Gasteiger partial charge in [-0.1, -0.05) is 67.2 Å². The lowest BCUT2D eigenvalue weighted by atomic mass is 9.95. The van der Waals surface area contributed by atoms with Crippen molar-refractivity contribution < 1.29 is 47.4 Å². The Morgan fingerprint density at radius 3 is 2.00 bits per heavy atom. The van der Waals surface area contributed by atoms with Crippen LogP contribution in [0, 0.1) is 17.8 Å². The summed E-state index contributed by atoms with van der Waals surface area (Å²) in [7, 11) is 1.03. The van der Waals surface area contributed by atoms with Crippen molar-refractivity contribution in [3.05, 3.63) is 0 Å². The molecule has 0 aromatic carbocycles. The molecule has 8 N–H and O–H groups in total. The molecule has 5 amide bonds. The lowest BCUT2D eigenvalue weighted by molar-refractivity contribution is -0.190. The standard InChI is InChI=1S/C32H58F2N6O8/c1-9-11-12-13-14-24(48-25(42)17-37-28(44)20(6)21(7)41)32(33,34)31(47)40(8)23(15-18(3)4)29(45)39-26(19(5)10-2)30(46)38-22(16-35)27(36)43/h18-24,26,41H,9-17,35H2,1-8H3,(H2,36,43)(H,37,44)(H,38,46)(H,39,45)/t19-,20+,21+,22+,23+,24?,26+/m1/s1. The molecule has 0 saturated heterocycles. The zero-order chi connectivity index (χ0) is 37.4. The van der Waals surface area contributed by atoms with E-state index >= 15 is 8.78 Å². The minimum atomic E-state index is -4.27. The van der Waals surface area contributed by atoms with Crippen molar-refractivity contribution >= 4 is 35.5 Å². The highest BCUT2D eigenvalue weighted by molar-refractivity contribution is 5.95. The number of esters is 1. The second-order valence-corrected chi connectivity index (χ2v) is 12.8. The molecule has 16 heteroatoms. The molecule has 0 saturated carbocycles. The minimum absolute atomic E-state index is 0.0554. The predicted molar refractivity (Wildman–Crippen MR) is 175 cm³/mol. The molecule has 14 nitrogen and oxygen atoms in total. The third kappa shape index (κ3) is 14.4. The Kier molecular flexibility index (Phi) is 20.0. The Morgan fingerprint density at radius 1 is 0.917 bits per heavy atom. The monoisotopic (exact) mass is 692 g/mol. The first-order valence-corrected chi connectivity index (χ1v) is 16.7. The van der Waals surface area contributed by atoms with Crippen LogP contribution in [0.5, 0.6) is 0 Å². The van der Waals surface area contributed by atoms with Crippen LogP contribution >= 0.6 is 0 Å². The van der Waals surface area contributed by atoms with Crippen molar-refractivity contribution in [2.45, 2.75) is 130 Å². The number of aliphatic hydroxyl groups is 1. The van der Waals surface area contributed by atoms with Gasteiger partial charge in [-0.3, -0.25) is 28.8 Å². The number of ether oxygens (including phenoxy) is 1. The molecule has 0 aliphatic carbocycles. The maximum Gasteiger partial charge on any atom is 0.360 e. The maximum absolute atomic E-state index is 16.0.